The first kappa shape index (κ1) is 13.3. The van der Waals surface area contributed by atoms with E-state index in [1.165, 1.54) is 12.8 Å². The van der Waals surface area contributed by atoms with Crippen molar-refractivity contribution in [2.24, 2.45) is 5.73 Å². The zero-order valence-electron chi connectivity index (χ0n) is 10.2. The van der Waals surface area contributed by atoms with Gasteiger partial charge in [0.15, 0.2) is 0 Å². The number of nitrogens with zero attached hydrogens (tertiary/aromatic N) is 2. The highest BCUT2D eigenvalue weighted by Gasteiger charge is 2.27. The molecule has 1 aliphatic rings. The van der Waals surface area contributed by atoms with Crippen molar-refractivity contribution in [1.29, 1.82) is 0 Å². The summed E-state index contributed by atoms with van der Waals surface area (Å²) in [6.07, 6.45) is 4.54. The van der Waals surface area contributed by atoms with Crippen molar-refractivity contribution >= 4 is 27.7 Å². The van der Waals surface area contributed by atoms with E-state index < -0.39 is 0 Å². The summed E-state index contributed by atoms with van der Waals surface area (Å²) in [6.45, 7) is 0.792. The number of nitrogens with one attached hydrogen (secondary N) is 1. The number of hydrogen-bond donors (Lipinski definition) is 2. The fraction of sp³-hybridized carbons (Fsp3) is 0.583. The number of unbranched alkanes of at least 4 members (excludes halogenated alkanes) is 1. The summed E-state index contributed by atoms with van der Waals surface area (Å²) in [4.78, 5) is 19.4. The Morgan fingerprint density at radius 3 is 2.89 bits per heavy atom. The Kier molecular flexibility index (Phi) is 4.52. The summed E-state index contributed by atoms with van der Waals surface area (Å²) in [5.74, 6) is 2.07. The molecule has 98 valence electrons. The lowest BCUT2D eigenvalue weighted by atomic mass is 10.2. The molecule has 0 aromatic carbocycles. The van der Waals surface area contributed by atoms with Gasteiger partial charge in [-0.3, -0.25) is 4.79 Å². The van der Waals surface area contributed by atoms with Gasteiger partial charge in [-0.15, -0.1) is 0 Å². The SMILES string of the molecule is NC(=O)CCCCNc1cc(Br)nc(C2CC2)n1. The molecule has 0 spiro atoms. The molecule has 1 heterocycles. The summed E-state index contributed by atoms with van der Waals surface area (Å²) in [5, 5.41) is 3.25. The molecule has 1 amide bonds. The number of hydrogen-bond acceptors (Lipinski definition) is 4. The van der Waals surface area contributed by atoms with Crippen molar-refractivity contribution in [3.05, 3.63) is 16.5 Å². The van der Waals surface area contributed by atoms with E-state index in [4.69, 9.17) is 5.73 Å². The van der Waals surface area contributed by atoms with Crippen LogP contribution in [0.3, 0.4) is 0 Å². The van der Waals surface area contributed by atoms with Crippen molar-refractivity contribution in [3.63, 3.8) is 0 Å². The van der Waals surface area contributed by atoms with Gasteiger partial charge in [0.25, 0.3) is 0 Å². The van der Waals surface area contributed by atoms with E-state index in [2.05, 4.69) is 31.2 Å². The third kappa shape index (κ3) is 4.25. The summed E-state index contributed by atoms with van der Waals surface area (Å²) in [5.41, 5.74) is 5.08. The number of aromatic nitrogens is 2. The van der Waals surface area contributed by atoms with E-state index in [1.54, 1.807) is 0 Å². The van der Waals surface area contributed by atoms with Crippen LogP contribution in [0.4, 0.5) is 5.82 Å². The number of halogens is 1. The Morgan fingerprint density at radius 1 is 1.44 bits per heavy atom. The van der Waals surface area contributed by atoms with Crippen LogP contribution in [-0.2, 0) is 4.79 Å². The van der Waals surface area contributed by atoms with Crippen LogP contribution in [-0.4, -0.2) is 22.4 Å². The fourth-order valence-electron chi connectivity index (χ4n) is 1.69. The molecular formula is C12H17BrN4O. The highest BCUT2D eigenvalue weighted by Crippen LogP contribution is 2.38. The second-order valence-corrected chi connectivity index (χ2v) is 5.37. The molecule has 5 nitrogen and oxygen atoms in total. The van der Waals surface area contributed by atoms with Gasteiger partial charge in [-0.2, -0.15) is 0 Å². The van der Waals surface area contributed by atoms with E-state index in [9.17, 15) is 4.79 Å². The van der Waals surface area contributed by atoms with Crippen molar-refractivity contribution in [3.8, 4) is 0 Å². The van der Waals surface area contributed by atoms with Crippen LogP contribution in [0, 0.1) is 0 Å². The lowest BCUT2D eigenvalue weighted by Crippen LogP contribution is -2.11. The van der Waals surface area contributed by atoms with Crippen LogP contribution in [0.2, 0.25) is 0 Å². The number of anilines is 1. The smallest absolute Gasteiger partial charge is 0.217 e. The Bertz CT molecular complexity index is 434. The first-order valence-corrected chi connectivity index (χ1v) is 7.01. The first-order chi connectivity index (χ1) is 8.65. The zero-order valence-corrected chi connectivity index (χ0v) is 11.7. The predicted molar refractivity (Wildman–Crippen MR) is 73.2 cm³/mol. The average Bonchev–Trinajstić information content (AvgIpc) is 3.11. The minimum Gasteiger partial charge on any atom is -0.370 e. The molecule has 2 rings (SSSR count). The maximum atomic E-state index is 10.6. The molecule has 0 radical (unpaired) electrons. The van der Waals surface area contributed by atoms with Gasteiger partial charge in [-0.1, -0.05) is 0 Å². The lowest BCUT2D eigenvalue weighted by Gasteiger charge is -2.07. The van der Waals surface area contributed by atoms with Gasteiger partial charge in [0.1, 0.15) is 16.2 Å². The van der Waals surface area contributed by atoms with Crippen LogP contribution in [0.1, 0.15) is 43.8 Å². The number of carbonyl (C=O) groups excluding carboxylic acids is 1. The Hall–Kier alpha value is -1.17. The Balaban J connectivity index is 1.79. The largest absolute Gasteiger partial charge is 0.370 e. The normalized spacial score (nSPS) is 14.5. The third-order valence-corrected chi connectivity index (χ3v) is 3.22. The van der Waals surface area contributed by atoms with Crippen LogP contribution in [0.15, 0.2) is 10.7 Å². The highest BCUT2D eigenvalue weighted by molar-refractivity contribution is 9.10. The highest BCUT2D eigenvalue weighted by atomic mass is 79.9. The van der Waals surface area contributed by atoms with Crippen LogP contribution in [0.5, 0.6) is 0 Å². The maximum absolute atomic E-state index is 10.6. The van der Waals surface area contributed by atoms with Crippen LogP contribution in [0.25, 0.3) is 0 Å². The molecular weight excluding hydrogens is 296 g/mol. The molecule has 1 aromatic heterocycles. The van der Waals surface area contributed by atoms with Crippen LogP contribution < -0.4 is 11.1 Å². The number of amides is 1. The van der Waals surface area contributed by atoms with E-state index >= 15 is 0 Å². The zero-order chi connectivity index (χ0) is 13.0. The van der Waals surface area contributed by atoms with Gasteiger partial charge < -0.3 is 11.1 Å². The molecule has 18 heavy (non-hydrogen) atoms. The molecule has 0 bridgehead atoms. The standard InChI is InChI=1S/C12H17BrN4O/c13-9-7-11(15-6-2-1-3-10(14)18)17-12(16-9)8-4-5-8/h7-8H,1-6H2,(H2,14,18)(H,15,16,17). The molecule has 0 aliphatic heterocycles. The summed E-state index contributed by atoms with van der Waals surface area (Å²) in [7, 11) is 0. The summed E-state index contributed by atoms with van der Waals surface area (Å²) < 4.78 is 0.819. The summed E-state index contributed by atoms with van der Waals surface area (Å²) >= 11 is 3.40. The molecule has 1 aliphatic carbocycles. The molecule has 6 heteroatoms. The molecule has 3 N–H and O–H groups in total. The van der Waals surface area contributed by atoms with E-state index in [-0.39, 0.29) is 5.91 Å². The molecule has 1 saturated carbocycles. The number of nitrogens with two attached hydrogens (primary N) is 1. The van der Waals surface area contributed by atoms with Gasteiger partial charge in [0.05, 0.1) is 0 Å². The minimum atomic E-state index is -0.240. The fourth-order valence-corrected chi connectivity index (χ4v) is 2.09. The molecule has 0 saturated heterocycles. The average molecular weight is 313 g/mol. The first-order valence-electron chi connectivity index (χ1n) is 6.22. The Labute approximate surface area is 115 Å². The second-order valence-electron chi connectivity index (χ2n) is 4.56. The van der Waals surface area contributed by atoms with Crippen LogP contribution >= 0.6 is 15.9 Å². The second kappa shape index (κ2) is 6.13. The monoisotopic (exact) mass is 312 g/mol. The Morgan fingerprint density at radius 2 is 2.22 bits per heavy atom. The van der Waals surface area contributed by atoms with Crippen molar-refractivity contribution in [2.75, 3.05) is 11.9 Å². The maximum Gasteiger partial charge on any atom is 0.217 e. The lowest BCUT2D eigenvalue weighted by molar-refractivity contribution is -0.118. The van der Waals surface area contributed by atoms with Gasteiger partial charge in [-0.25, -0.2) is 9.97 Å². The summed E-state index contributed by atoms with van der Waals surface area (Å²) in [6, 6.07) is 1.87. The molecule has 1 aromatic rings. The minimum absolute atomic E-state index is 0.240. The van der Waals surface area contributed by atoms with Crippen molar-refractivity contribution in [1.82, 2.24) is 9.97 Å². The topological polar surface area (TPSA) is 80.9 Å². The van der Waals surface area contributed by atoms with E-state index in [0.717, 1.165) is 35.6 Å². The van der Waals surface area contributed by atoms with Gasteiger partial charge in [0, 0.05) is 24.9 Å². The van der Waals surface area contributed by atoms with Gasteiger partial charge >= 0.3 is 0 Å². The number of primary amides is 1. The third-order valence-electron chi connectivity index (χ3n) is 2.81. The van der Waals surface area contributed by atoms with Crippen molar-refractivity contribution in [2.45, 2.75) is 38.0 Å². The quantitative estimate of drug-likeness (QED) is 0.597. The van der Waals surface area contributed by atoms with E-state index in [0.29, 0.717) is 12.3 Å². The number of carbonyl (C=O) groups is 1. The molecule has 0 unspecified atom stereocenters. The van der Waals surface area contributed by atoms with Gasteiger partial charge in [-0.05, 0) is 41.6 Å². The molecule has 0 atom stereocenters. The van der Waals surface area contributed by atoms with Gasteiger partial charge in [0.2, 0.25) is 5.91 Å². The molecule has 1 fully saturated rings. The number of rotatable bonds is 7. The predicted octanol–water partition coefficient (Wildman–Crippen LogP) is 2.18. The van der Waals surface area contributed by atoms with Crippen molar-refractivity contribution < 1.29 is 4.79 Å². The van der Waals surface area contributed by atoms with E-state index in [1.807, 2.05) is 6.07 Å².